The summed E-state index contributed by atoms with van der Waals surface area (Å²) >= 11 is 12.3. The van der Waals surface area contributed by atoms with Crippen LogP contribution in [0.4, 0.5) is 0 Å². The van der Waals surface area contributed by atoms with Crippen molar-refractivity contribution in [2.45, 2.75) is 43.9 Å². The van der Waals surface area contributed by atoms with E-state index in [1.54, 1.807) is 18.2 Å². The second-order valence-electron chi connectivity index (χ2n) is 7.98. The van der Waals surface area contributed by atoms with Gasteiger partial charge in [-0.2, -0.15) is 0 Å². The molecule has 0 spiro atoms. The zero-order valence-electron chi connectivity index (χ0n) is 16.3. The Morgan fingerprint density at radius 3 is 2.40 bits per heavy atom. The van der Waals surface area contributed by atoms with Crippen molar-refractivity contribution in [1.29, 1.82) is 0 Å². The van der Waals surface area contributed by atoms with Gasteiger partial charge in [-0.3, -0.25) is 9.59 Å². The summed E-state index contributed by atoms with van der Waals surface area (Å²) in [5.74, 6) is -0.915. The molecular formula is C23H23Cl2NO4. The van der Waals surface area contributed by atoms with Gasteiger partial charge in [0.25, 0.3) is 5.91 Å². The van der Waals surface area contributed by atoms with E-state index in [9.17, 15) is 14.7 Å². The number of aliphatic carboxylic acids is 1. The van der Waals surface area contributed by atoms with Gasteiger partial charge in [0, 0.05) is 16.6 Å². The Morgan fingerprint density at radius 2 is 1.80 bits per heavy atom. The lowest BCUT2D eigenvalue weighted by Gasteiger charge is -2.46. The number of morpholine rings is 1. The normalized spacial score (nSPS) is 24.5. The lowest BCUT2D eigenvalue weighted by Crippen LogP contribution is -2.53. The van der Waals surface area contributed by atoms with Crippen molar-refractivity contribution in [3.63, 3.8) is 0 Å². The highest BCUT2D eigenvalue weighted by atomic mass is 35.5. The summed E-state index contributed by atoms with van der Waals surface area (Å²) in [5.41, 5.74) is 1.70. The molecule has 1 aliphatic carbocycles. The third kappa shape index (κ3) is 4.48. The zero-order valence-corrected chi connectivity index (χ0v) is 17.9. The molecule has 2 fully saturated rings. The fourth-order valence-electron chi connectivity index (χ4n) is 4.21. The highest BCUT2D eigenvalue weighted by Crippen LogP contribution is 2.44. The first kappa shape index (κ1) is 21.2. The van der Waals surface area contributed by atoms with Crippen LogP contribution in [0, 0.1) is 5.92 Å². The Kier molecular flexibility index (Phi) is 6.32. The van der Waals surface area contributed by atoms with Crippen molar-refractivity contribution in [2.75, 3.05) is 6.54 Å². The molecule has 158 valence electrons. The Labute approximate surface area is 185 Å². The van der Waals surface area contributed by atoms with E-state index in [2.05, 4.69) is 0 Å². The molecule has 3 atom stereocenters. The molecule has 1 amide bonds. The maximum Gasteiger partial charge on any atom is 0.306 e. The van der Waals surface area contributed by atoms with Crippen molar-refractivity contribution in [3.05, 3.63) is 69.7 Å². The molecule has 30 heavy (non-hydrogen) atoms. The number of halogens is 2. The second kappa shape index (κ2) is 8.96. The number of nitrogens with zero attached hydrogens (tertiary/aromatic N) is 1. The first-order chi connectivity index (χ1) is 14.4. The summed E-state index contributed by atoms with van der Waals surface area (Å²) in [6.45, 7) is 0.586. The highest BCUT2D eigenvalue weighted by molar-refractivity contribution is 6.30. The van der Waals surface area contributed by atoms with E-state index in [0.717, 1.165) is 30.4 Å². The van der Waals surface area contributed by atoms with E-state index < -0.39 is 18.2 Å². The Hall–Kier alpha value is -2.08. The fraction of sp³-hybridized carbons (Fsp3) is 0.391. The van der Waals surface area contributed by atoms with E-state index >= 15 is 0 Å². The van der Waals surface area contributed by atoms with Crippen LogP contribution in [0.2, 0.25) is 10.0 Å². The number of hydrogen-bond donors (Lipinski definition) is 1. The van der Waals surface area contributed by atoms with Gasteiger partial charge in [-0.25, -0.2) is 0 Å². The molecule has 1 saturated heterocycles. The van der Waals surface area contributed by atoms with Crippen LogP contribution in [0.15, 0.2) is 48.5 Å². The van der Waals surface area contributed by atoms with E-state index in [0.29, 0.717) is 22.5 Å². The van der Waals surface area contributed by atoms with Crippen molar-refractivity contribution in [3.8, 4) is 0 Å². The highest BCUT2D eigenvalue weighted by Gasteiger charge is 2.45. The molecule has 0 aromatic heterocycles. The average Bonchev–Trinajstić information content (AvgIpc) is 2.67. The number of rotatable bonds is 6. The van der Waals surface area contributed by atoms with Crippen molar-refractivity contribution >= 4 is 35.1 Å². The van der Waals surface area contributed by atoms with Crippen LogP contribution in [0.25, 0.3) is 0 Å². The van der Waals surface area contributed by atoms with Crippen LogP contribution in [0.3, 0.4) is 0 Å². The molecule has 4 rings (SSSR count). The van der Waals surface area contributed by atoms with E-state index in [1.807, 2.05) is 35.2 Å². The minimum atomic E-state index is -1.06. The maximum absolute atomic E-state index is 13.3. The molecule has 1 N–H and O–H groups in total. The predicted octanol–water partition coefficient (Wildman–Crippen LogP) is 5.28. The Balaban J connectivity index is 1.78. The number of benzene rings is 2. The fourth-order valence-corrected chi connectivity index (χ4v) is 4.53. The van der Waals surface area contributed by atoms with Gasteiger partial charge in [0.15, 0.2) is 0 Å². The van der Waals surface area contributed by atoms with E-state index in [-0.39, 0.29) is 18.4 Å². The number of amides is 1. The predicted molar refractivity (Wildman–Crippen MR) is 115 cm³/mol. The molecule has 2 aliphatic rings. The number of carbonyl (C=O) groups is 2. The van der Waals surface area contributed by atoms with Crippen molar-refractivity contribution in [2.24, 2.45) is 5.92 Å². The second-order valence-corrected chi connectivity index (χ2v) is 8.85. The summed E-state index contributed by atoms with van der Waals surface area (Å²) in [4.78, 5) is 26.5. The van der Waals surface area contributed by atoms with Gasteiger partial charge in [-0.05, 0) is 54.2 Å². The number of hydrogen-bond acceptors (Lipinski definition) is 3. The smallest absolute Gasteiger partial charge is 0.306 e. The molecule has 0 unspecified atom stereocenters. The lowest BCUT2D eigenvalue weighted by atomic mass is 9.83. The van der Waals surface area contributed by atoms with Gasteiger partial charge in [0.2, 0.25) is 0 Å². The number of ether oxygens (including phenoxy) is 1. The molecule has 1 heterocycles. The topological polar surface area (TPSA) is 66.8 Å². The lowest BCUT2D eigenvalue weighted by molar-refractivity contribution is -0.180. The molecule has 2 aromatic carbocycles. The van der Waals surface area contributed by atoms with Crippen LogP contribution in [-0.4, -0.2) is 34.5 Å². The summed E-state index contributed by atoms with van der Waals surface area (Å²) in [6.07, 6.45) is 1.37. The molecule has 5 nitrogen and oxygen atoms in total. The molecule has 2 aromatic rings. The molecule has 1 aliphatic heterocycles. The molecule has 1 saturated carbocycles. The summed E-state index contributed by atoms with van der Waals surface area (Å²) in [6, 6.07) is 14.3. The van der Waals surface area contributed by atoms with Crippen molar-refractivity contribution < 1.29 is 19.4 Å². The van der Waals surface area contributed by atoms with E-state index in [4.69, 9.17) is 27.9 Å². The van der Waals surface area contributed by atoms with Gasteiger partial charge in [-0.15, -0.1) is 0 Å². The minimum absolute atomic E-state index is 0.275. The first-order valence-electron chi connectivity index (χ1n) is 10.1. The third-order valence-electron chi connectivity index (χ3n) is 5.92. The largest absolute Gasteiger partial charge is 0.481 e. The van der Waals surface area contributed by atoms with Gasteiger partial charge in [0.05, 0.1) is 12.5 Å². The minimum Gasteiger partial charge on any atom is -0.481 e. The van der Waals surface area contributed by atoms with Gasteiger partial charge >= 0.3 is 5.97 Å². The number of carbonyl (C=O) groups excluding carboxylic acids is 1. The van der Waals surface area contributed by atoms with E-state index in [1.165, 1.54) is 0 Å². The number of carboxylic acids is 1. The summed E-state index contributed by atoms with van der Waals surface area (Å²) in [7, 11) is 0. The van der Waals surface area contributed by atoms with Gasteiger partial charge < -0.3 is 14.7 Å². The standard InChI is InChI=1S/C23H23Cl2NO4/c24-17-9-7-15(8-10-17)21-22(16-5-2-6-18(25)11-16)30-19(12-20(27)28)23(29)26(21)13-14-3-1-4-14/h2,5-11,14,19,21-22H,1,3-4,12-13H2,(H,27,28)/t19-,21+,22-/m1/s1. The van der Waals surface area contributed by atoms with Crippen LogP contribution in [0.5, 0.6) is 0 Å². The Morgan fingerprint density at radius 1 is 1.07 bits per heavy atom. The zero-order chi connectivity index (χ0) is 21.3. The molecule has 0 bridgehead atoms. The van der Waals surface area contributed by atoms with Crippen molar-refractivity contribution in [1.82, 2.24) is 4.90 Å². The third-order valence-corrected chi connectivity index (χ3v) is 6.41. The van der Waals surface area contributed by atoms with Crippen LogP contribution in [0.1, 0.15) is 49.0 Å². The summed E-state index contributed by atoms with van der Waals surface area (Å²) < 4.78 is 6.15. The average molecular weight is 448 g/mol. The molecule has 7 heteroatoms. The van der Waals surface area contributed by atoms with Crippen LogP contribution < -0.4 is 0 Å². The molecule has 0 radical (unpaired) electrons. The van der Waals surface area contributed by atoms with Gasteiger partial charge in [-0.1, -0.05) is 53.9 Å². The maximum atomic E-state index is 13.3. The SMILES string of the molecule is O=C(O)C[C@H]1O[C@H](c2cccc(Cl)c2)[C@H](c2ccc(Cl)cc2)N(CC2CCC2)C1=O. The number of carboxylic acid groups (broad SMARTS) is 1. The molecular weight excluding hydrogens is 425 g/mol. The quantitative estimate of drug-likeness (QED) is 0.653. The Bertz CT molecular complexity index is 929. The van der Waals surface area contributed by atoms with Gasteiger partial charge in [0.1, 0.15) is 12.2 Å². The van der Waals surface area contributed by atoms with Crippen LogP contribution >= 0.6 is 23.2 Å². The monoisotopic (exact) mass is 447 g/mol. The summed E-state index contributed by atoms with van der Waals surface area (Å²) in [5, 5.41) is 10.5. The first-order valence-corrected chi connectivity index (χ1v) is 10.9. The van der Waals surface area contributed by atoms with Crippen LogP contribution in [-0.2, 0) is 14.3 Å².